The number of aryl methyl sites for hydroxylation is 1. The highest BCUT2D eigenvalue weighted by atomic mass is 32.2. The Balaban J connectivity index is 1.97. The maximum atomic E-state index is 12.1. The molecule has 1 aromatic rings. The quantitative estimate of drug-likeness (QED) is 0.875. The third kappa shape index (κ3) is 3.28. The van der Waals surface area contributed by atoms with E-state index in [1.54, 1.807) is 0 Å². The lowest BCUT2D eigenvalue weighted by atomic mass is 9.92. The van der Waals surface area contributed by atoms with Gasteiger partial charge in [-0.05, 0) is 39.7 Å². The van der Waals surface area contributed by atoms with Crippen LogP contribution in [0.2, 0.25) is 0 Å². The van der Waals surface area contributed by atoms with Crippen molar-refractivity contribution in [2.75, 3.05) is 7.05 Å². The second-order valence-corrected chi connectivity index (χ2v) is 7.83. The van der Waals surface area contributed by atoms with E-state index in [1.165, 1.54) is 17.5 Å². The Morgan fingerprint density at radius 3 is 2.39 bits per heavy atom. The summed E-state index contributed by atoms with van der Waals surface area (Å²) in [6.07, 6.45) is 5.25. The zero-order valence-electron chi connectivity index (χ0n) is 10.6. The number of hydrogen-bond acceptors (Lipinski definition) is 5. The van der Waals surface area contributed by atoms with E-state index in [0.717, 1.165) is 30.7 Å². The summed E-state index contributed by atoms with van der Waals surface area (Å²) in [7, 11) is -1.42. The topological polar surface area (TPSA) is 71.1 Å². The normalized spacial score (nSPS) is 25.2. The first-order valence-electron chi connectivity index (χ1n) is 6.13. The summed E-state index contributed by atoms with van der Waals surface area (Å²) in [5.74, 6) is 0. The summed E-state index contributed by atoms with van der Waals surface area (Å²) in [5.41, 5.74) is 0. The Morgan fingerprint density at radius 2 is 1.89 bits per heavy atom. The van der Waals surface area contributed by atoms with Crippen LogP contribution in [-0.2, 0) is 10.0 Å². The van der Waals surface area contributed by atoms with E-state index in [-0.39, 0.29) is 6.04 Å². The third-order valence-electron chi connectivity index (χ3n) is 3.32. The molecule has 1 aliphatic carbocycles. The van der Waals surface area contributed by atoms with Crippen molar-refractivity contribution in [3.63, 3.8) is 0 Å². The highest BCUT2D eigenvalue weighted by molar-refractivity contribution is 7.91. The number of nitrogens with one attached hydrogen (secondary N) is 2. The number of sulfonamides is 1. The molecule has 0 atom stereocenters. The molecule has 1 aromatic heterocycles. The SMILES string of the molecule is CNC1CCC(NS(=O)(=O)c2cnc(C)s2)CC1. The van der Waals surface area contributed by atoms with Crippen LogP contribution in [0.5, 0.6) is 0 Å². The van der Waals surface area contributed by atoms with Crippen molar-refractivity contribution in [2.45, 2.75) is 48.9 Å². The summed E-state index contributed by atoms with van der Waals surface area (Å²) in [4.78, 5) is 3.99. The van der Waals surface area contributed by atoms with Gasteiger partial charge in [-0.3, -0.25) is 0 Å². The van der Waals surface area contributed by atoms with Crippen LogP contribution >= 0.6 is 11.3 Å². The van der Waals surface area contributed by atoms with Gasteiger partial charge in [-0.25, -0.2) is 18.1 Å². The van der Waals surface area contributed by atoms with Crippen LogP contribution in [-0.4, -0.2) is 32.5 Å². The van der Waals surface area contributed by atoms with E-state index in [2.05, 4.69) is 15.0 Å². The van der Waals surface area contributed by atoms with Crippen LogP contribution in [0.3, 0.4) is 0 Å². The van der Waals surface area contributed by atoms with Gasteiger partial charge in [0.25, 0.3) is 10.0 Å². The van der Waals surface area contributed by atoms with Crippen molar-refractivity contribution in [3.8, 4) is 0 Å². The van der Waals surface area contributed by atoms with Gasteiger partial charge in [0.2, 0.25) is 0 Å². The first-order valence-corrected chi connectivity index (χ1v) is 8.43. The van der Waals surface area contributed by atoms with Gasteiger partial charge in [-0.1, -0.05) is 0 Å². The minimum absolute atomic E-state index is 0.0574. The summed E-state index contributed by atoms with van der Waals surface area (Å²) in [6.45, 7) is 1.81. The molecule has 0 bridgehead atoms. The fourth-order valence-electron chi connectivity index (χ4n) is 2.24. The van der Waals surface area contributed by atoms with Crippen LogP contribution in [0, 0.1) is 6.92 Å². The predicted molar refractivity (Wildman–Crippen MR) is 72.3 cm³/mol. The van der Waals surface area contributed by atoms with Gasteiger partial charge in [0.1, 0.15) is 0 Å². The van der Waals surface area contributed by atoms with Crippen molar-refractivity contribution < 1.29 is 8.42 Å². The van der Waals surface area contributed by atoms with Crippen LogP contribution in [0.4, 0.5) is 0 Å². The Hall–Kier alpha value is -0.500. The minimum Gasteiger partial charge on any atom is -0.317 e. The zero-order valence-corrected chi connectivity index (χ0v) is 12.3. The first kappa shape index (κ1) is 13.9. The van der Waals surface area contributed by atoms with E-state index >= 15 is 0 Å². The molecule has 1 aliphatic rings. The highest BCUT2D eigenvalue weighted by Crippen LogP contribution is 2.22. The Bertz CT molecular complexity index is 490. The van der Waals surface area contributed by atoms with Gasteiger partial charge < -0.3 is 5.32 Å². The van der Waals surface area contributed by atoms with Crippen LogP contribution in [0.1, 0.15) is 30.7 Å². The first-order chi connectivity index (χ1) is 8.51. The van der Waals surface area contributed by atoms with E-state index < -0.39 is 10.0 Å². The smallest absolute Gasteiger partial charge is 0.251 e. The molecule has 0 spiro atoms. The van der Waals surface area contributed by atoms with E-state index in [0.29, 0.717) is 10.3 Å². The van der Waals surface area contributed by atoms with Gasteiger partial charge in [-0.15, -0.1) is 11.3 Å². The molecule has 2 rings (SSSR count). The van der Waals surface area contributed by atoms with Gasteiger partial charge >= 0.3 is 0 Å². The molecule has 7 heteroatoms. The minimum atomic E-state index is -3.38. The van der Waals surface area contributed by atoms with Gasteiger partial charge in [0, 0.05) is 12.1 Å². The molecule has 0 unspecified atom stereocenters. The van der Waals surface area contributed by atoms with E-state index in [1.807, 2.05) is 14.0 Å². The van der Waals surface area contributed by atoms with Gasteiger partial charge in [0.05, 0.1) is 11.2 Å². The predicted octanol–water partition coefficient (Wildman–Crippen LogP) is 1.26. The fourth-order valence-corrected chi connectivity index (χ4v) is 4.67. The molecular weight excluding hydrogens is 270 g/mol. The number of rotatable bonds is 4. The molecule has 0 aliphatic heterocycles. The second-order valence-electron chi connectivity index (χ2n) is 4.66. The summed E-state index contributed by atoms with van der Waals surface area (Å²) in [6, 6.07) is 0.582. The van der Waals surface area contributed by atoms with Crippen molar-refractivity contribution >= 4 is 21.4 Å². The Kier molecular flexibility index (Phi) is 4.37. The molecular formula is C11H19N3O2S2. The van der Waals surface area contributed by atoms with Gasteiger partial charge in [0.15, 0.2) is 4.21 Å². The number of hydrogen-bond donors (Lipinski definition) is 2. The molecule has 1 saturated carbocycles. The zero-order chi connectivity index (χ0) is 13.2. The second kappa shape index (κ2) is 5.64. The van der Waals surface area contributed by atoms with Gasteiger partial charge in [-0.2, -0.15) is 0 Å². The van der Waals surface area contributed by atoms with Crippen molar-refractivity contribution in [1.82, 2.24) is 15.0 Å². The lowest BCUT2D eigenvalue weighted by Gasteiger charge is -2.28. The molecule has 1 heterocycles. The van der Waals surface area contributed by atoms with E-state index in [4.69, 9.17) is 0 Å². The molecule has 18 heavy (non-hydrogen) atoms. The van der Waals surface area contributed by atoms with Crippen LogP contribution in [0.15, 0.2) is 10.4 Å². The van der Waals surface area contributed by atoms with Crippen molar-refractivity contribution in [2.24, 2.45) is 0 Å². The summed E-state index contributed by atoms with van der Waals surface area (Å²) < 4.78 is 27.3. The standard InChI is InChI=1S/C11H19N3O2S2/c1-8-13-7-11(17-8)18(15,16)14-10-5-3-9(12-2)4-6-10/h7,9-10,12,14H,3-6H2,1-2H3. The molecule has 0 saturated heterocycles. The molecule has 0 aromatic carbocycles. The Labute approximate surface area is 112 Å². The molecule has 0 radical (unpaired) electrons. The number of aromatic nitrogens is 1. The number of thiazole rings is 1. The summed E-state index contributed by atoms with van der Waals surface area (Å²) in [5, 5.41) is 4.01. The summed E-state index contributed by atoms with van der Waals surface area (Å²) >= 11 is 1.21. The maximum absolute atomic E-state index is 12.1. The van der Waals surface area contributed by atoms with Crippen LogP contribution in [0.25, 0.3) is 0 Å². The van der Waals surface area contributed by atoms with Crippen molar-refractivity contribution in [3.05, 3.63) is 11.2 Å². The molecule has 5 nitrogen and oxygen atoms in total. The molecule has 2 N–H and O–H groups in total. The average molecular weight is 289 g/mol. The number of nitrogens with zero attached hydrogens (tertiary/aromatic N) is 1. The van der Waals surface area contributed by atoms with Crippen molar-refractivity contribution in [1.29, 1.82) is 0 Å². The molecule has 1 fully saturated rings. The molecule has 0 amide bonds. The third-order valence-corrected chi connectivity index (χ3v) is 6.22. The fraction of sp³-hybridized carbons (Fsp3) is 0.727. The highest BCUT2D eigenvalue weighted by Gasteiger charge is 2.26. The lowest BCUT2D eigenvalue weighted by molar-refractivity contribution is 0.343. The van der Waals surface area contributed by atoms with Crippen LogP contribution < -0.4 is 10.0 Å². The maximum Gasteiger partial charge on any atom is 0.251 e. The lowest BCUT2D eigenvalue weighted by Crippen LogP contribution is -2.41. The molecule has 102 valence electrons. The largest absolute Gasteiger partial charge is 0.317 e. The Morgan fingerprint density at radius 1 is 1.28 bits per heavy atom. The average Bonchev–Trinajstić information content (AvgIpc) is 2.77. The van der Waals surface area contributed by atoms with E-state index in [9.17, 15) is 8.42 Å². The monoisotopic (exact) mass is 289 g/mol.